The van der Waals surface area contributed by atoms with Gasteiger partial charge in [-0.15, -0.1) is 0 Å². The number of hydrogen-bond donors (Lipinski definition) is 1. The van der Waals surface area contributed by atoms with Gasteiger partial charge in [-0.25, -0.2) is 0 Å². The monoisotopic (exact) mass is 318 g/mol. The van der Waals surface area contributed by atoms with Crippen molar-refractivity contribution < 1.29 is 14.3 Å². The summed E-state index contributed by atoms with van der Waals surface area (Å²) in [5, 5.41) is 2.92. The fraction of sp³-hybridized carbons (Fsp3) is 0.556. The zero-order chi connectivity index (χ0) is 16.7. The van der Waals surface area contributed by atoms with E-state index in [0.717, 1.165) is 38.0 Å². The van der Waals surface area contributed by atoms with Gasteiger partial charge in [0.25, 0.3) is 0 Å². The number of likely N-dealkylation sites (tertiary alicyclic amines) is 1. The maximum absolute atomic E-state index is 12.1. The van der Waals surface area contributed by atoms with Crippen LogP contribution < -0.4 is 5.32 Å². The number of nitrogens with one attached hydrogen (secondary N) is 1. The van der Waals surface area contributed by atoms with Crippen molar-refractivity contribution >= 4 is 17.6 Å². The lowest BCUT2D eigenvalue weighted by atomic mass is 9.97. The summed E-state index contributed by atoms with van der Waals surface area (Å²) in [7, 11) is 0. The number of benzene rings is 1. The first-order valence-electron chi connectivity index (χ1n) is 8.40. The highest BCUT2D eigenvalue weighted by Crippen LogP contribution is 2.18. The van der Waals surface area contributed by atoms with Crippen molar-refractivity contribution in [3.63, 3.8) is 0 Å². The van der Waals surface area contributed by atoms with Crippen molar-refractivity contribution in [1.29, 1.82) is 0 Å². The van der Waals surface area contributed by atoms with Crippen molar-refractivity contribution in [2.45, 2.75) is 33.1 Å². The lowest BCUT2D eigenvalue weighted by molar-refractivity contribution is -0.149. The zero-order valence-corrected chi connectivity index (χ0v) is 14.0. The van der Waals surface area contributed by atoms with Gasteiger partial charge < -0.3 is 10.1 Å². The predicted molar refractivity (Wildman–Crippen MR) is 90.2 cm³/mol. The molecule has 0 unspecified atom stereocenters. The van der Waals surface area contributed by atoms with Gasteiger partial charge in [0, 0.05) is 5.69 Å². The van der Waals surface area contributed by atoms with Crippen molar-refractivity contribution in [2.75, 3.05) is 31.6 Å². The van der Waals surface area contributed by atoms with Crippen LogP contribution in [0.3, 0.4) is 0 Å². The first kappa shape index (κ1) is 17.5. The van der Waals surface area contributed by atoms with Gasteiger partial charge in [-0.3, -0.25) is 14.5 Å². The number of esters is 1. The van der Waals surface area contributed by atoms with E-state index in [-0.39, 0.29) is 17.8 Å². The van der Waals surface area contributed by atoms with Crippen LogP contribution >= 0.6 is 0 Å². The van der Waals surface area contributed by atoms with E-state index in [1.165, 1.54) is 5.56 Å². The topological polar surface area (TPSA) is 58.6 Å². The number of hydrogen-bond acceptors (Lipinski definition) is 4. The minimum Gasteiger partial charge on any atom is -0.466 e. The van der Waals surface area contributed by atoms with Crippen LogP contribution in [-0.4, -0.2) is 43.0 Å². The summed E-state index contributed by atoms with van der Waals surface area (Å²) in [4.78, 5) is 25.9. The number of carbonyl (C=O) groups is 2. The third-order valence-corrected chi connectivity index (χ3v) is 4.22. The average molecular weight is 318 g/mol. The van der Waals surface area contributed by atoms with Gasteiger partial charge in [0.2, 0.25) is 5.91 Å². The second-order valence-corrected chi connectivity index (χ2v) is 5.90. The molecule has 0 aromatic heterocycles. The Balaban J connectivity index is 1.75. The van der Waals surface area contributed by atoms with Crippen LogP contribution in [0.25, 0.3) is 0 Å². The quantitative estimate of drug-likeness (QED) is 0.819. The minimum atomic E-state index is -0.104. The molecule has 1 fully saturated rings. The van der Waals surface area contributed by atoms with E-state index < -0.39 is 0 Å². The molecular weight excluding hydrogens is 292 g/mol. The molecule has 1 aliphatic rings. The molecule has 126 valence electrons. The number of ether oxygens (including phenoxy) is 1. The Hall–Kier alpha value is -1.88. The van der Waals surface area contributed by atoms with Gasteiger partial charge in [-0.2, -0.15) is 0 Å². The number of piperidine rings is 1. The zero-order valence-electron chi connectivity index (χ0n) is 14.0. The molecule has 0 aliphatic carbocycles. The lowest BCUT2D eigenvalue weighted by Gasteiger charge is -2.30. The summed E-state index contributed by atoms with van der Waals surface area (Å²) < 4.78 is 5.06. The van der Waals surface area contributed by atoms with Gasteiger partial charge in [0.15, 0.2) is 0 Å². The molecule has 1 amide bonds. The SMILES string of the molecule is CCOC(=O)C1CCN(CC(=O)Nc2ccc(CC)cc2)CC1. The maximum atomic E-state index is 12.1. The van der Waals surface area contributed by atoms with Crippen molar-refractivity contribution in [1.82, 2.24) is 4.90 Å². The van der Waals surface area contributed by atoms with Gasteiger partial charge in [0.05, 0.1) is 19.1 Å². The highest BCUT2D eigenvalue weighted by molar-refractivity contribution is 5.92. The van der Waals surface area contributed by atoms with Crippen LogP contribution in [0.4, 0.5) is 5.69 Å². The highest BCUT2D eigenvalue weighted by Gasteiger charge is 2.26. The molecule has 0 atom stereocenters. The molecule has 1 aromatic rings. The summed E-state index contributed by atoms with van der Waals surface area (Å²) in [5.74, 6) is -0.132. The van der Waals surface area contributed by atoms with Gasteiger partial charge in [-0.05, 0) is 57.0 Å². The van der Waals surface area contributed by atoms with Crippen LogP contribution in [0.15, 0.2) is 24.3 Å². The largest absolute Gasteiger partial charge is 0.466 e. The molecular formula is C18H26N2O3. The first-order valence-corrected chi connectivity index (χ1v) is 8.40. The van der Waals surface area contributed by atoms with E-state index in [1.807, 2.05) is 31.2 Å². The Bertz CT molecular complexity index is 520. The standard InChI is InChI=1S/C18H26N2O3/c1-3-14-5-7-16(8-6-14)19-17(21)13-20-11-9-15(10-12-20)18(22)23-4-2/h5-8,15H,3-4,9-13H2,1-2H3,(H,19,21). The molecule has 2 rings (SSSR count). The molecule has 1 saturated heterocycles. The van der Waals surface area contributed by atoms with Crippen molar-refractivity contribution in [2.24, 2.45) is 5.92 Å². The molecule has 1 aliphatic heterocycles. The smallest absolute Gasteiger partial charge is 0.309 e. The van der Waals surface area contributed by atoms with Crippen LogP contribution in [0, 0.1) is 5.92 Å². The second kappa shape index (κ2) is 8.67. The summed E-state index contributed by atoms with van der Waals surface area (Å²) >= 11 is 0. The molecule has 0 spiro atoms. The third kappa shape index (κ3) is 5.36. The van der Waals surface area contributed by atoms with Gasteiger partial charge in [-0.1, -0.05) is 19.1 Å². The lowest BCUT2D eigenvalue weighted by Crippen LogP contribution is -2.41. The van der Waals surface area contributed by atoms with Crippen LogP contribution in [0.2, 0.25) is 0 Å². The number of rotatable bonds is 6. The molecule has 5 heteroatoms. The number of carbonyl (C=O) groups excluding carboxylic acids is 2. The second-order valence-electron chi connectivity index (χ2n) is 5.90. The Morgan fingerprint density at radius 2 is 1.83 bits per heavy atom. The molecule has 0 radical (unpaired) electrons. The van der Waals surface area contributed by atoms with E-state index in [0.29, 0.717) is 13.2 Å². The maximum Gasteiger partial charge on any atom is 0.309 e. The predicted octanol–water partition coefficient (Wildman–Crippen LogP) is 2.46. The summed E-state index contributed by atoms with van der Waals surface area (Å²) in [5.41, 5.74) is 2.08. The number of anilines is 1. The molecule has 1 aromatic carbocycles. The fourth-order valence-corrected chi connectivity index (χ4v) is 2.81. The summed E-state index contributed by atoms with van der Waals surface area (Å²) in [6.07, 6.45) is 2.51. The summed E-state index contributed by atoms with van der Waals surface area (Å²) in [6, 6.07) is 7.92. The fourth-order valence-electron chi connectivity index (χ4n) is 2.81. The molecule has 5 nitrogen and oxygen atoms in total. The average Bonchev–Trinajstić information content (AvgIpc) is 2.56. The Kier molecular flexibility index (Phi) is 6.59. The first-order chi connectivity index (χ1) is 11.1. The van der Waals surface area contributed by atoms with Crippen molar-refractivity contribution in [3.05, 3.63) is 29.8 Å². The number of aryl methyl sites for hydroxylation is 1. The van der Waals surface area contributed by atoms with E-state index in [1.54, 1.807) is 0 Å². The Morgan fingerprint density at radius 1 is 1.17 bits per heavy atom. The van der Waals surface area contributed by atoms with Gasteiger partial charge in [0.1, 0.15) is 0 Å². The molecule has 1 heterocycles. The minimum absolute atomic E-state index is 0.0103. The van der Waals surface area contributed by atoms with E-state index in [4.69, 9.17) is 4.74 Å². The Morgan fingerprint density at radius 3 is 2.39 bits per heavy atom. The van der Waals surface area contributed by atoms with Crippen LogP contribution in [0.1, 0.15) is 32.3 Å². The van der Waals surface area contributed by atoms with E-state index in [9.17, 15) is 9.59 Å². The van der Waals surface area contributed by atoms with E-state index >= 15 is 0 Å². The van der Waals surface area contributed by atoms with Gasteiger partial charge >= 0.3 is 5.97 Å². The molecule has 0 saturated carbocycles. The number of amides is 1. The van der Waals surface area contributed by atoms with Crippen LogP contribution in [0.5, 0.6) is 0 Å². The third-order valence-electron chi connectivity index (χ3n) is 4.22. The highest BCUT2D eigenvalue weighted by atomic mass is 16.5. The number of nitrogens with zero attached hydrogens (tertiary/aromatic N) is 1. The molecule has 23 heavy (non-hydrogen) atoms. The molecule has 0 bridgehead atoms. The summed E-state index contributed by atoms with van der Waals surface area (Å²) in [6.45, 7) is 6.23. The Labute approximate surface area is 138 Å². The van der Waals surface area contributed by atoms with Crippen molar-refractivity contribution in [3.8, 4) is 0 Å². The van der Waals surface area contributed by atoms with Crippen LogP contribution in [-0.2, 0) is 20.7 Å². The normalized spacial score (nSPS) is 16.1. The van der Waals surface area contributed by atoms with E-state index in [2.05, 4.69) is 17.1 Å². The molecule has 1 N–H and O–H groups in total.